The lowest BCUT2D eigenvalue weighted by Gasteiger charge is -2.11. The van der Waals surface area contributed by atoms with Crippen LogP contribution in [0.25, 0.3) is 10.2 Å². The Hall–Kier alpha value is -2.47. The molecule has 1 amide bonds. The standard InChI is InChI=1S/C19H22N4OS/c1-23(2)17-12-11-14(13-20-17)21-18(24)9-5-6-10-19-22-15-7-3-4-8-16(15)25-19/h3-4,7-8,11-13H,5-6,9-10H2,1-2H3,(H,21,24). The summed E-state index contributed by atoms with van der Waals surface area (Å²) in [6.45, 7) is 0. The topological polar surface area (TPSA) is 58.1 Å². The highest BCUT2D eigenvalue weighted by Gasteiger charge is 2.06. The van der Waals surface area contributed by atoms with Gasteiger partial charge in [0.1, 0.15) is 5.82 Å². The van der Waals surface area contributed by atoms with Gasteiger partial charge in [0.15, 0.2) is 0 Å². The van der Waals surface area contributed by atoms with E-state index in [0.29, 0.717) is 6.42 Å². The second-order valence-electron chi connectivity index (χ2n) is 6.13. The molecule has 130 valence electrons. The molecule has 0 fully saturated rings. The number of fused-ring (bicyclic) bond motifs is 1. The SMILES string of the molecule is CN(C)c1ccc(NC(=O)CCCCc2nc3ccccc3s2)cn1. The van der Waals surface area contributed by atoms with Crippen LogP contribution in [0.1, 0.15) is 24.3 Å². The molecule has 0 radical (unpaired) electrons. The van der Waals surface area contributed by atoms with Gasteiger partial charge in [0.2, 0.25) is 5.91 Å². The summed E-state index contributed by atoms with van der Waals surface area (Å²) in [6.07, 6.45) is 4.94. The number of thiazole rings is 1. The number of benzene rings is 1. The molecule has 0 aliphatic heterocycles. The maximum atomic E-state index is 12.0. The number of hydrogen-bond donors (Lipinski definition) is 1. The summed E-state index contributed by atoms with van der Waals surface area (Å²) in [5.74, 6) is 0.900. The first kappa shape index (κ1) is 17.4. The molecule has 1 N–H and O–H groups in total. The third-order valence-corrected chi connectivity index (χ3v) is 4.97. The monoisotopic (exact) mass is 354 g/mol. The van der Waals surface area contributed by atoms with Crippen LogP contribution in [0.5, 0.6) is 0 Å². The van der Waals surface area contributed by atoms with Gasteiger partial charge in [-0.2, -0.15) is 0 Å². The Kier molecular flexibility index (Phi) is 5.60. The molecule has 0 spiro atoms. The summed E-state index contributed by atoms with van der Waals surface area (Å²) in [5.41, 5.74) is 1.80. The van der Waals surface area contributed by atoms with Crippen LogP contribution in [0.2, 0.25) is 0 Å². The number of aryl methyl sites for hydroxylation is 1. The van der Waals surface area contributed by atoms with Gasteiger partial charge < -0.3 is 10.2 Å². The Bertz CT molecular complexity index is 809. The number of unbranched alkanes of at least 4 members (excludes halogenated alkanes) is 1. The molecule has 3 aromatic rings. The summed E-state index contributed by atoms with van der Waals surface area (Å²) in [6, 6.07) is 12.0. The average Bonchev–Trinajstić information content (AvgIpc) is 3.02. The van der Waals surface area contributed by atoms with Crippen LogP contribution in [0.4, 0.5) is 11.5 Å². The number of para-hydroxylation sites is 1. The zero-order valence-corrected chi connectivity index (χ0v) is 15.3. The highest BCUT2D eigenvalue weighted by molar-refractivity contribution is 7.18. The van der Waals surface area contributed by atoms with E-state index in [1.165, 1.54) is 4.70 Å². The lowest BCUT2D eigenvalue weighted by molar-refractivity contribution is -0.116. The number of hydrogen-bond acceptors (Lipinski definition) is 5. The predicted molar refractivity (Wildman–Crippen MR) is 104 cm³/mol. The quantitative estimate of drug-likeness (QED) is 0.649. The van der Waals surface area contributed by atoms with Crippen LogP contribution >= 0.6 is 11.3 Å². The van der Waals surface area contributed by atoms with Crippen LogP contribution in [0.15, 0.2) is 42.6 Å². The molecule has 2 heterocycles. The number of aromatic nitrogens is 2. The molecule has 0 aliphatic carbocycles. The molecule has 0 saturated carbocycles. The van der Waals surface area contributed by atoms with Gasteiger partial charge in [-0.1, -0.05) is 12.1 Å². The van der Waals surface area contributed by atoms with Gasteiger partial charge in [0, 0.05) is 20.5 Å². The summed E-state index contributed by atoms with van der Waals surface area (Å²) in [5, 5.41) is 4.04. The van der Waals surface area contributed by atoms with E-state index in [4.69, 9.17) is 0 Å². The zero-order chi connectivity index (χ0) is 17.6. The molecule has 6 heteroatoms. The fraction of sp³-hybridized carbons (Fsp3) is 0.316. The van der Waals surface area contributed by atoms with Gasteiger partial charge in [0.25, 0.3) is 0 Å². The summed E-state index contributed by atoms with van der Waals surface area (Å²) < 4.78 is 1.23. The average molecular weight is 354 g/mol. The molecule has 3 rings (SSSR count). The Balaban J connectivity index is 1.41. The summed E-state index contributed by atoms with van der Waals surface area (Å²) >= 11 is 1.74. The molecule has 0 saturated heterocycles. The smallest absolute Gasteiger partial charge is 0.224 e. The number of nitrogens with one attached hydrogen (secondary N) is 1. The maximum absolute atomic E-state index is 12.0. The fourth-order valence-electron chi connectivity index (χ4n) is 2.54. The number of nitrogens with zero attached hydrogens (tertiary/aromatic N) is 3. The van der Waals surface area contributed by atoms with Crippen LogP contribution < -0.4 is 10.2 Å². The van der Waals surface area contributed by atoms with Crippen molar-refractivity contribution in [1.29, 1.82) is 0 Å². The Morgan fingerprint density at radius 2 is 2.00 bits per heavy atom. The number of amides is 1. The van der Waals surface area contributed by atoms with Crippen LogP contribution in [0.3, 0.4) is 0 Å². The van der Waals surface area contributed by atoms with Crippen molar-refractivity contribution in [3.05, 3.63) is 47.6 Å². The Morgan fingerprint density at radius 3 is 2.72 bits per heavy atom. The van der Waals surface area contributed by atoms with Crippen molar-refractivity contribution in [1.82, 2.24) is 9.97 Å². The molecular formula is C19H22N4OS. The van der Waals surface area contributed by atoms with Gasteiger partial charge in [0.05, 0.1) is 27.1 Å². The van der Waals surface area contributed by atoms with Crippen molar-refractivity contribution in [3.8, 4) is 0 Å². The van der Waals surface area contributed by atoms with Gasteiger partial charge >= 0.3 is 0 Å². The Morgan fingerprint density at radius 1 is 1.16 bits per heavy atom. The van der Waals surface area contributed by atoms with Crippen molar-refractivity contribution in [2.45, 2.75) is 25.7 Å². The van der Waals surface area contributed by atoms with Crippen molar-refractivity contribution < 1.29 is 4.79 Å². The molecule has 0 bridgehead atoms. The largest absolute Gasteiger partial charge is 0.363 e. The highest BCUT2D eigenvalue weighted by Crippen LogP contribution is 2.23. The van der Waals surface area contributed by atoms with E-state index in [0.717, 1.165) is 41.3 Å². The third kappa shape index (κ3) is 4.76. The lowest BCUT2D eigenvalue weighted by Crippen LogP contribution is -2.13. The number of anilines is 2. The van der Waals surface area contributed by atoms with Gasteiger partial charge in [-0.05, 0) is 43.5 Å². The molecule has 25 heavy (non-hydrogen) atoms. The van der Waals surface area contributed by atoms with Crippen LogP contribution in [0, 0.1) is 0 Å². The molecule has 0 atom stereocenters. The zero-order valence-electron chi connectivity index (χ0n) is 14.5. The van der Waals surface area contributed by atoms with Crippen molar-refractivity contribution >= 4 is 39.0 Å². The summed E-state index contributed by atoms with van der Waals surface area (Å²) in [4.78, 5) is 22.9. The van der Waals surface area contributed by atoms with Crippen molar-refractivity contribution in [3.63, 3.8) is 0 Å². The van der Waals surface area contributed by atoms with Crippen LogP contribution in [-0.4, -0.2) is 30.0 Å². The van der Waals surface area contributed by atoms with E-state index in [-0.39, 0.29) is 5.91 Å². The number of pyridine rings is 1. The first-order chi connectivity index (χ1) is 12.1. The van der Waals surface area contributed by atoms with Crippen molar-refractivity contribution in [2.24, 2.45) is 0 Å². The molecule has 0 unspecified atom stereocenters. The van der Waals surface area contributed by atoms with E-state index >= 15 is 0 Å². The van der Waals surface area contributed by atoms with Crippen LogP contribution in [-0.2, 0) is 11.2 Å². The minimum atomic E-state index is 0.0312. The molecule has 0 aliphatic rings. The van der Waals surface area contributed by atoms with E-state index < -0.39 is 0 Å². The second kappa shape index (κ2) is 8.07. The van der Waals surface area contributed by atoms with E-state index in [2.05, 4.69) is 21.4 Å². The minimum Gasteiger partial charge on any atom is -0.363 e. The van der Waals surface area contributed by atoms with Crippen molar-refractivity contribution in [2.75, 3.05) is 24.3 Å². The van der Waals surface area contributed by atoms with Gasteiger partial charge in [-0.25, -0.2) is 9.97 Å². The lowest BCUT2D eigenvalue weighted by atomic mass is 10.2. The van der Waals surface area contributed by atoms with E-state index in [1.807, 2.05) is 49.3 Å². The van der Waals surface area contributed by atoms with Gasteiger partial charge in [-0.15, -0.1) is 11.3 Å². The number of rotatable bonds is 7. The van der Waals surface area contributed by atoms with Gasteiger partial charge in [-0.3, -0.25) is 4.79 Å². The summed E-state index contributed by atoms with van der Waals surface area (Å²) in [7, 11) is 3.87. The fourth-order valence-corrected chi connectivity index (χ4v) is 3.55. The molecule has 5 nitrogen and oxygen atoms in total. The number of carbonyl (C=O) groups is 1. The predicted octanol–water partition coefficient (Wildman–Crippen LogP) is 4.11. The van der Waals surface area contributed by atoms with E-state index in [9.17, 15) is 4.79 Å². The third-order valence-electron chi connectivity index (χ3n) is 3.87. The molecular weight excluding hydrogens is 332 g/mol. The molecule has 2 aromatic heterocycles. The first-order valence-electron chi connectivity index (χ1n) is 8.39. The second-order valence-corrected chi connectivity index (χ2v) is 7.25. The number of carbonyl (C=O) groups excluding carboxylic acids is 1. The maximum Gasteiger partial charge on any atom is 0.224 e. The highest BCUT2D eigenvalue weighted by atomic mass is 32.1. The Labute approximate surface area is 151 Å². The first-order valence-corrected chi connectivity index (χ1v) is 9.21. The van der Waals surface area contributed by atoms with E-state index in [1.54, 1.807) is 17.5 Å². The normalized spacial score (nSPS) is 10.8. The molecule has 1 aromatic carbocycles. The minimum absolute atomic E-state index is 0.0312.